The number of aryl methyl sites for hydroxylation is 1. The fourth-order valence-electron chi connectivity index (χ4n) is 3.19. The Hall–Kier alpha value is -2.33. The minimum absolute atomic E-state index is 0.198. The van der Waals surface area contributed by atoms with Gasteiger partial charge in [-0.2, -0.15) is 0 Å². The molecule has 0 amide bonds. The highest BCUT2D eigenvalue weighted by Gasteiger charge is 2.23. The van der Waals surface area contributed by atoms with Crippen LogP contribution >= 0.6 is 0 Å². The van der Waals surface area contributed by atoms with E-state index in [0.717, 1.165) is 29.7 Å². The van der Waals surface area contributed by atoms with E-state index in [9.17, 15) is 0 Å². The van der Waals surface area contributed by atoms with Crippen LogP contribution in [-0.4, -0.2) is 6.02 Å². The average Bonchev–Trinajstić information content (AvgIpc) is 2.97. The summed E-state index contributed by atoms with van der Waals surface area (Å²) < 4.78 is 5.78. The third-order valence-electron chi connectivity index (χ3n) is 4.39. The van der Waals surface area contributed by atoms with Crippen molar-refractivity contribution >= 4 is 11.7 Å². The van der Waals surface area contributed by atoms with Gasteiger partial charge in [-0.25, -0.2) is 4.99 Å². The van der Waals surface area contributed by atoms with Gasteiger partial charge < -0.3 is 15.8 Å². The molecule has 0 spiro atoms. The van der Waals surface area contributed by atoms with Gasteiger partial charge in [-0.1, -0.05) is 30.3 Å². The topological polar surface area (TPSA) is 59.6 Å². The zero-order valence-electron chi connectivity index (χ0n) is 12.4. The Morgan fingerprint density at radius 1 is 1.18 bits per heavy atom. The van der Waals surface area contributed by atoms with Gasteiger partial charge in [-0.15, -0.1) is 0 Å². The lowest BCUT2D eigenvalue weighted by molar-refractivity contribution is 0.282. The fraction of sp³-hybridized carbons (Fsp3) is 0.278. The molecule has 1 heterocycles. The van der Waals surface area contributed by atoms with Crippen molar-refractivity contribution in [1.82, 2.24) is 0 Å². The first-order valence-electron chi connectivity index (χ1n) is 7.71. The fourth-order valence-corrected chi connectivity index (χ4v) is 3.19. The minimum Gasteiger partial charge on any atom is -0.460 e. The van der Waals surface area contributed by atoms with Crippen LogP contribution in [-0.2, 0) is 24.3 Å². The molecule has 2 aromatic carbocycles. The molecule has 0 saturated carbocycles. The van der Waals surface area contributed by atoms with Crippen LogP contribution in [0.3, 0.4) is 0 Å². The summed E-state index contributed by atoms with van der Waals surface area (Å²) in [5.41, 5.74) is 11.7. The zero-order valence-corrected chi connectivity index (χ0v) is 12.4. The van der Waals surface area contributed by atoms with E-state index in [1.54, 1.807) is 0 Å². The van der Waals surface area contributed by atoms with E-state index in [1.165, 1.54) is 11.1 Å². The molecule has 0 radical (unpaired) electrons. The zero-order chi connectivity index (χ0) is 14.9. The van der Waals surface area contributed by atoms with E-state index in [1.807, 2.05) is 6.07 Å². The molecule has 4 nitrogen and oxygen atoms in total. The van der Waals surface area contributed by atoms with Crippen LogP contribution in [0.1, 0.15) is 34.7 Å². The molecule has 4 heteroatoms. The smallest absolute Gasteiger partial charge is 0.290 e. The number of nitrogens with one attached hydrogen (secondary N) is 1. The molecular formula is C18H19N3O. The Balaban J connectivity index is 1.58. The van der Waals surface area contributed by atoms with Crippen molar-refractivity contribution in [1.29, 1.82) is 0 Å². The Kier molecular flexibility index (Phi) is 3.31. The lowest BCUT2D eigenvalue weighted by Gasteiger charge is -2.22. The van der Waals surface area contributed by atoms with Gasteiger partial charge in [0.15, 0.2) is 0 Å². The lowest BCUT2D eigenvalue weighted by Crippen LogP contribution is -2.23. The molecule has 0 saturated heterocycles. The molecule has 1 unspecified atom stereocenters. The summed E-state index contributed by atoms with van der Waals surface area (Å²) in [5.74, 6) is 0. The summed E-state index contributed by atoms with van der Waals surface area (Å²) in [6.45, 7) is 1.09. The summed E-state index contributed by atoms with van der Waals surface area (Å²) in [4.78, 5) is 4.78. The third kappa shape index (κ3) is 2.35. The Morgan fingerprint density at radius 3 is 3.00 bits per heavy atom. The molecule has 1 atom stereocenters. The van der Waals surface area contributed by atoms with Crippen LogP contribution in [0.2, 0.25) is 0 Å². The number of rotatable bonds is 2. The van der Waals surface area contributed by atoms with Crippen LogP contribution in [0, 0.1) is 0 Å². The van der Waals surface area contributed by atoms with Crippen molar-refractivity contribution in [2.45, 2.75) is 32.0 Å². The summed E-state index contributed by atoms with van der Waals surface area (Å²) >= 11 is 0. The van der Waals surface area contributed by atoms with Gasteiger partial charge in [-0.05, 0) is 41.7 Å². The maximum Gasteiger partial charge on any atom is 0.290 e. The predicted molar refractivity (Wildman–Crippen MR) is 87.7 cm³/mol. The van der Waals surface area contributed by atoms with Crippen molar-refractivity contribution < 1.29 is 4.74 Å². The number of hydrogen-bond donors (Lipinski definition) is 2. The molecule has 2 aliphatic rings. The number of anilines is 1. The summed E-state index contributed by atoms with van der Waals surface area (Å²) in [7, 11) is 0. The van der Waals surface area contributed by atoms with Crippen LogP contribution in [0.25, 0.3) is 0 Å². The lowest BCUT2D eigenvalue weighted by atomic mass is 10.1. The first-order valence-corrected chi connectivity index (χ1v) is 7.71. The summed E-state index contributed by atoms with van der Waals surface area (Å²) in [6.07, 6.45) is 2.14. The molecular weight excluding hydrogens is 274 g/mol. The normalized spacial score (nSPS) is 21.0. The first-order chi connectivity index (χ1) is 10.8. The molecule has 2 aromatic rings. The highest BCUT2D eigenvalue weighted by atomic mass is 16.5. The SMILES string of the molecule is NCc1ccc2c(c1)COC(=NC1CCc3ccccc31)N2. The van der Waals surface area contributed by atoms with Gasteiger partial charge in [0.2, 0.25) is 0 Å². The average molecular weight is 293 g/mol. The molecule has 0 fully saturated rings. The largest absolute Gasteiger partial charge is 0.460 e. The molecule has 1 aliphatic carbocycles. The number of fused-ring (bicyclic) bond motifs is 2. The van der Waals surface area contributed by atoms with Gasteiger partial charge in [0.25, 0.3) is 6.02 Å². The van der Waals surface area contributed by atoms with Gasteiger partial charge in [0.1, 0.15) is 6.61 Å². The van der Waals surface area contributed by atoms with Gasteiger partial charge >= 0.3 is 0 Å². The minimum atomic E-state index is 0.198. The third-order valence-corrected chi connectivity index (χ3v) is 4.39. The second-order valence-corrected chi connectivity index (χ2v) is 5.80. The van der Waals surface area contributed by atoms with Crippen molar-refractivity contribution in [3.05, 3.63) is 64.7 Å². The maximum atomic E-state index is 5.78. The van der Waals surface area contributed by atoms with Crippen molar-refractivity contribution in [2.24, 2.45) is 10.7 Å². The van der Waals surface area contributed by atoms with Crippen LogP contribution in [0.4, 0.5) is 5.69 Å². The Labute approximate surface area is 130 Å². The van der Waals surface area contributed by atoms with E-state index < -0.39 is 0 Å². The molecule has 0 aromatic heterocycles. The number of aliphatic imine (C=N–C) groups is 1. The van der Waals surface area contributed by atoms with Gasteiger partial charge in [-0.3, -0.25) is 0 Å². The van der Waals surface area contributed by atoms with Crippen LogP contribution in [0.5, 0.6) is 0 Å². The van der Waals surface area contributed by atoms with E-state index in [4.69, 9.17) is 15.5 Å². The number of benzene rings is 2. The molecule has 1 aliphatic heterocycles. The predicted octanol–water partition coefficient (Wildman–Crippen LogP) is 3.13. The summed E-state index contributed by atoms with van der Waals surface area (Å²) in [6, 6.07) is 15.5. The number of nitrogens with two attached hydrogens (primary N) is 1. The van der Waals surface area contributed by atoms with E-state index in [2.05, 4.69) is 41.7 Å². The number of hydrogen-bond acceptors (Lipinski definition) is 3. The van der Waals surface area contributed by atoms with Crippen molar-refractivity contribution in [3.8, 4) is 0 Å². The van der Waals surface area contributed by atoms with Crippen molar-refractivity contribution in [3.63, 3.8) is 0 Å². The first kappa shape index (κ1) is 13.3. The monoisotopic (exact) mass is 293 g/mol. The number of ether oxygens (including phenoxy) is 1. The Morgan fingerprint density at radius 2 is 2.09 bits per heavy atom. The molecule has 22 heavy (non-hydrogen) atoms. The van der Waals surface area contributed by atoms with Crippen LogP contribution in [0.15, 0.2) is 47.5 Å². The van der Waals surface area contributed by atoms with Crippen molar-refractivity contribution in [2.75, 3.05) is 5.32 Å². The number of nitrogens with zero attached hydrogens (tertiary/aromatic N) is 1. The van der Waals surface area contributed by atoms with Gasteiger partial charge in [0, 0.05) is 17.8 Å². The van der Waals surface area contributed by atoms with Gasteiger partial charge in [0.05, 0.1) is 6.04 Å². The van der Waals surface area contributed by atoms with E-state index in [-0.39, 0.29) is 6.04 Å². The van der Waals surface area contributed by atoms with E-state index >= 15 is 0 Å². The Bertz CT molecular complexity index is 739. The highest BCUT2D eigenvalue weighted by Crippen LogP contribution is 2.34. The second-order valence-electron chi connectivity index (χ2n) is 5.80. The maximum absolute atomic E-state index is 5.78. The molecule has 112 valence electrons. The quantitative estimate of drug-likeness (QED) is 0.894. The molecule has 4 rings (SSSR count). The standard InChI is InChI=1S/C18H19N3O/c19-10-12-5-7-16-14(9-12)11-22-18(20-16)21-17-8-6-13-3-1-2-4-15(13)17/h1-5,7,9,17H,6,8,10-11,19H2,(H,20,21). The number of amidine groups is 1. The second kappa shape index (κ2) is 5.46. The summed E-state index contributed by atoms with van der Waals surface area (Å²) in [5, 5.41) is 3.29. The molecule has 0 bridgehead atoms. The van der Waals surface area contributed by atoms with E-state index in [0.29, 0.717) is 19.2 Å². The molecule has 3 N–H and O–H groups in total. The highest BCUT2D eigenvalue weighted by molar-refractivity contribution is 5.91. The van der Waals surface area contributed by atoms with Crippen LogP contribution < -0.4 is 11.1 Å².